The van der Waals surface area contributed by atoms with Gasteiger partial charge in [0, 0.05) is 33.2 Å². The monoisotopic (exact) mass is 399 g/mol. The second-order valence-electron chi connectivity index (χ2n) is 5.53. The Balaban J connectivity index is 2.13. The van der Waals surface area contributed by atoms with Crippen molar-refractivity contribution in [1.29, 1.82) is 0 Å². The Bertz CT molecular complexity index is 1020. The molecule has 0 aliphatic heterocycles. The number of nitrogens with two attached hydrogens (primary N) is 1. The number of anilines is 3. The third-order valence-corrected chi connectivity index (χ3v) is 4.53. The fraction of sp³-hybridized carbons (Fsp3) is 0.125. The third kappa shape index (κ3) is 4.08. The van der Waals surface area contributed by atoms with Gasteiger partial charge < -0.3 is 11.1 Å². The SMILES string of the molecule is CS(=O)c1cccc(-c2c(F)cc(Nc3n[nH]c(N)n3)cc2C(F)(F)F)c1. The number of nitrogens with zero attached hydrogens (tertiary/aromatic N) is 2. The molecule has 1 atom stereocenters. The topological polar surface area (TPSA) is 96.7 Å². The summed E-state index contributed by atoms with van der Waals surface area (Å²) < 4.78 is 67.0. The highest BCUT2D eigenvalue weighted by molar-refractivity contribution is 7.84. The van der Waals surface area contributed by atoms with E-state index in [1.165, 1.54) is 30.5 Å². The van der Waals surface area contributed by atoms with Crippen molar-refractivity contribution in [3.63, 3.8) is 0 Å². The van der Waals surface area contributed by atoms with Crippen molar-refractivity contribution in [2.45, 2.75) is 11.1 Å². The van der Waals surface area contributed by atoms with Crippen LogP contribution in [0.5, 0.6) is 0 Å². The lowest BCUT2D eigenvalue weighted by Gasteiger charge is -2.16. The number of aromatic amines is 1. The van der Waals surface area contributed by atoms with Crippen LogP contribution in [0, 0.1) is 5.82 Å². The zero-order valence-corrected chi connectivity index (χ0v) is 14.6. The zero-order chi connectivity index (χ0) is 19.8. The number of aromatic nitrogens is 3. The first-order valence-electron chi connectivity index (χ1n) is 7.44. The molecule has 11 heteroatoms. The van der Waals surface area contributed by atoms with Crippen molar-refractivity contribution < 1.29 is 21.8 Å². The number of nitrogen functional groups attached to an aromatic ring is 1. The lowest BCUT2D eigenvalue weighted by molar-refractivity contribution is -0.137. The minimum absolute atomic E-state index is 0.0267. The minimum Gasteiger partial charge on any atom is -0.368 e. The smallest absolute Gasteiger partial charge is 0.368 e. The summed E-state index contributed by atoms with van der Waals surface area (Å²) >= 11 is 0. The van der Waals surface area contributed by atoms with Gasteiger partial charge in [0.1, 0.15) is 5.82 Å². The number of hydrogen-bond acceptors (Lipinski definition) is 5. The van der Waals surface area contributed by atoms with Gasteiger partial charge in [-0.25, -0.2) is 9.49 Å². The number of hydrogen-bond donors (Lipinski definition) is 3. The van der Waals surface area contributed by atoms with E-state index < -0.39 is 33.9 Å². The van der Waals surface area contributed by atoms with Crippen LogP contribution in [0.1, 0.15) is 5.56 Å². The summed E-state index contributed by atoms with van der Waals surface area (Å²) in [5, 5.41) is 8.41. The summed E-state index contributed by atoms with van der Waals surface area (Å²) in [6.45, 7) is 0. The van der Waals surface area contributed by atoms with E-state index in [2.05, 4.69) is 20.5 Å². The van der Waals surface area contributed by atoms with Gasteiger partial charge in [0.2, 0.25) is 11.9 Å². The van der Waals surface area contributed by atoms with Gasteiger partial charge in [-0.15, -0.1) is 5.10 Å². The molecular weight excluding hydrogens is 386 g/mol. The molecule has 2 aromatic carbocycles. The average molecular weight is 399 g/mol. The van der Waals surface area contributed by atoms with E-state index in [0.717, 1.165) is 12.1 Å². The molecule has 1 heterocycles. The molecule has 1 unspecified atom stereocenters. The van der Waals surface area contributed by atoms with Gasteiger partial charge >= 0.3 is 6.18 Å². The molecule has 0 fully saturated rings. The van der Waals surface area contributed by atoms with E-state index in [0.29, 0.717) is 4.90 Å². The highest BCUT2D eigenvalue weighted by Crippen LogP contribution is 2.41. The average Bonchev–Trinajstić information content (AvgIpc) is 2.98. The summed E-state index contributed by atoms with van der Waals surface area (Å²) in [6, 6.07) is 7.16. The van der Waals surface area contributed by atoms with Crippen molar-refractivity contribution in [2.24, 2.45) is 0 Å². The van der Waals surface area contributed by atoms with E-state index in [9.17, 15) is 21.8 Å². The predicted octanol–water partition coefficient (Wildman–Crippen LogP) is 3.69. The molecule has 0 amide bonds. The highest BCUT2D eigenvalue weighted by Gasteiger charge is 2.36. The first-order chi connectivity index (χ1) is 12.6. The number of rotatable bonds is 4. The fourth-order valence-corrected chi connectivity index (χ4v) is 3.05. The molecule has 1 aromatic heterocycles. The Hall–Kier alpha value is -2.95. The van der Waals surface area contributed by atoms with Gasteiger partial charge in [0.05, 0.1) is 5.56 Å². The van der Waals surface area contributed by atoms with Gasteiger partial charge in [-0.1, -0.05) is 12.1 Å². The van der Waals surface area contributed by atoms with Gasteiger partial charge in [-0.3, -0.25) is 4.21 Å². The lowest BCUT2D eigenvalue weighted by Crippen LogP contribution is -2.10. The summed E-state index contributed by atoms with van der Waals surface area (Å²) in [4.78, 5) is 3.99. The normalized spacial score (nSPS) is 12.8. The largest absolute Gasteiger partial charge is 0.417 e. The van der Waals surface area contributed by atoms with Crippen LogP contribution in [0.25, 0.3) is 11.1 Å². The molecule has 0 radical (unpaired) electrons. The molecule has 6 nitrogen and oxygen atoms in total. The first-order valence-corrected chi connectivity index (χ1v) is 9.00. The predicted molar refractivity (Wildman–Crippen MR) is 93.2 cm³/mol. The molecule has 0 bridgehead atoms. The number of H-pyrrole nitrogens is 1. The van der Waals surface area contributed by atoms with Crippen LogP contribution >= 0.6 is 0 Å². The second kappa shape index (κ2) is 6.99. The summed E-state index contributed by atoms with van der Waals surface area (Å²) in [5.74, 6) is -1.25. The summed E-state index contributed by atoms with van der Waals surface area (Å²) in [5.41, 5.74) is 3.31. The molecule has 0 saturated heterocycles. The van der Waals surface area contributed by atoms with Gasteiger partial charge in [0.25, 0.3) is 0 Å². The van der Waals surface area contributed by atoms with Crippen LogP contribution in [0.15, 0.2) is 41.3 Å². The van der Waals surface area contributed by atoms with Crippen LogP contribution < -0.4 is 11.1 Å². The number of benzene rings is 2. The molecule has 4 N–H and O–H groups in total. The van der Waals surface area contributed by atoms with Crippen molar-refractivity contribution in [1.82, 2.24) is 15.2 Å². The van der Waals surface area contributed by atoms with Crippen LogP contribution in [-0.2, 0) is 17.0 Å². The fourth-order valence-electron chi connectivity index (χ4n) is 2.49. The third-order valence-electron chi connectivity index (χ3n) is 3.61. The van der Waals surface area contributed by atoms with E-state index in [4.69, 9.17) is 5.73 Å². The molecule has 0 aliphatic carbocycles. The van der Waals surface area contributed by atoms with Crippen LogP contribution in [0.4, 0.5) is 35.1 Å². The molecule has 27 heavy (non-hydrogen) atoms. The molecule has 142 valence electrons. The number of alkyl halides is 3. The Kier molecular flexibility index (Phi) is 4.87. The maximum absolute atomic E-state index is 14.7. The van der Waals surface area contributed by atoms with E-state index in [1.54, 1.807) is 0 Å². The first kappa shape index (κ1) is 18.8. The molecule has 3 rings (SSSR count). The minimum atomic E-state index is -4.83. The second-order valence-corrected chi connectivity index (χ2v) is 6.91. The highest BCUT2D eigenvalue weighted by atomic mass is 32.2. The standard InChI is InChI=1S/C16H13F4N5OS/c1-27(26)10-4-2-3-8(5-10)13-11(16(18,19)20)6-9(7-12(13)17)22-15-23-14(21)24-25-15/h2-7H,1H3,(H4,21,22,23,24,25). The summed E-state index contributed by atoms with van der Waals surface area (Å²) in [7, 11) is -1.42. The zero-order valence-electron chi connectivity index (χ0n) is 13.8. The van der Waals surface area contributed by atoms with Gasteiger partial charge in [-0.2, -0.15) is 18.2 Å². The van der Waals surface area contributed by atoms with Crippen molar-refractivity contribution in [3.8, 4) is 11.1 Å². The maximum atomic E-state index is 14.7. The molecule has 0 aliphatic rings. The van der Waals surface area contributed by atoms with Crippen LogP contribution in [0.3, 0.4) is 0 Å². The number of nitrogens with one attached hydrogen (secondary N) is 2. The van der Waals surface area contributed by atoms with E-state index >= 15 is 0 Å². The van der Waals surface area contributed by atoms with Gasteiger partial charge in [-0.05, 0) is 29.8 Å². The molecular formula is C16H13F4N5OS. The van der Waals surface area contributed by atoms with Crippen molar-refractivity contribution in [3.05, 3.63) is 47.8 Å². The molecule has 0 spiro atoms. The van der Waals surface area contributed by atoms with E-state index in [-0.39, 0.29) is 23.1 Å². The Labute approximate surface area is 153 Å². The Morgan fingerprint density at radius 1 is 1.22 bits per heavy atom. The summed E-state index contributed by atoms with van der Waals surface area (Å²) in [6.07, 6.45) is -3.44. The molecule has 3 aromatic rings. The lowest BCUT2D eigenvalue weighted by atomic mass is 9.98. The quantitative estimate of drug-likeness (QED) is 0.582. The maximum Gasteiger partial charge on any atom is 0.417 e. The Morgan fingerprint density at radius 2 is 1.96 bits per heavy atom. The Morgan fingerprint density at radius 3 is 2.56 bits per heavy atom. The van der Waals surface area contributed by atoms with Crippen LogP contribution in [-0.4, -0.2) is 25.6 Å². The van der Waals surface area contributed by atoms with Crippen molar-refractivity contribution >= 4 is 28.4 Å². The van der Waals surface area contributed by atoms with Gasteiger partial charge in [0.15, 0.2) is 0 Å². The van der Waals surface area contributed by atoms with Crippen molar-refractivity contribution in [2.75, 3.05) is 17.3 Å². The van der Waals surface area contributed by atoms with E-state index in [1.807, 2.05) is 0 Å². The number of halogens is 4. The van der Waals surface area contributed by atoms with Crippen LogP contribution in [0.2, 0.25) is 0 Å². The molecule has 0 saturated carbocycles.